The van der Waals surface area contributed by atoms with Crippen molar-refractivity contribution in [3.63, 3.8) is 0 Å². The van der Waals surface area contributed by atoms with Crippen LogP contribution in [0.15, 0.2) is 23.4 Å². The second kappa shape index (κ2) is 9.87. The molecule has 28 heavy (non-hydrogen) atoms. The van der Waals surface area contributed by atoms with Crippen molar-refractivity contribution in [2.45, 2.75) is 45.6 Å². The standard InChI is InChI=1S/C20H28N2O6/c1-5-6-7-8-9-28-19(24)16-12(2)21-20(25)22-17(16)13-10-14(26-3)18(23)15(11-13)27-4/h10-11,17,23H,5-9H2,1-4H3,(H2,21,22,25)/t17-/m0/s1. The van der Waals surface area contributed by atoms with Gasteiger partial charge in [-0.1, -0.05) is 26.2 Å². The van der Waals surface area contributed by atoms with Gasteiger partial charge < -0.3 is 30.0 Å². The van der Waals surface area contributed by atoms with Crippen molar-refractivity contribution in [1.29, 1.82) is 0 Å². The summed E-state index contributed by atoms with van der Waals surface area (Å²) >= 11 is 0. The highest BCUT2D eigenvalue weighted by Gasteiger charge is 2.33. The van der Waals surface area contributed by atoms with Crippen molar-refractivity contribution in [3.8, 4) is 17.2 Å². The molecule has 0 aliphatic carbocycles. The zero-order valence-corrected chi connectivity index (χ0v) is 16.8. The number of hydrogen-bond donors (Lipinski definition) is 3. The van der Waals surface area contributed by atoms with E-state index in [4.69, 9.17) is 14.2 Å². The molecule has 0 fully saturated rings. The molecule has 3 N–H and O–H groups in total. The lowest BCUT2D eigenvalue weighted by molar-refractivity contribution is -0.139. The number of aromatic hydroxyl groups is 1. The Balaban J connectivity index is 2.31. The van der Waals surface area contributed by atoms with Crippen LogP contribution in [-0.2, 0) is 9.53 Å². The van der Waals surface area contributed by atoms with Gasteiger partial charge in [-0.05, 0) is 31.0 Å². The molecule has 0 unspecified atom stereocenters. The smallest absolute Gasteiger partial charge is 0.338 e. The van der Waals surface area contributed by atoms with Gasteiger partial charge in [-0.15, -0.1) is 0 Å². The molecule has 0 saturated heterocycles. The third-order valence-electron chi connectivity index (χ3n) is 4.56. The van der Waals surface area contributed by atoms with E-state index in [2.05, 4.69) is 17.6 Å². The molecule has 1 aromatic rings. The number of nitrogens with one attached hydrogen (secondary N) is 2. The third kappa shape index (κ3) is 4.88. The summed E-state index contributed by atoms with van der Waals surface area (Å²) in [6.07, 6.45) is 3.97. The van der Waals surface area contributed by atoms with Gasteiger partial charge in [-0.2, -0.15) is 0 Å². The number of allylic oxidation sites excluding steroid dienone is 1. The van der Waals surface area contributed by atoms with E-state index in [9.17, 15) is 14.7 Å². The number of benzene rings is 1. The number of rotatable bonds is 9. The minimum atomic E-state index is -0.764. The van der Waals surface area contributed by atoms with E-state index in [0.29, 0.717) is 23.4 Å². The van der Waals surface area contributed by atoms with Crippen molar-refractivity contribution in [1.82, 2.24) is 10.6 Å². The van der Waals surface area contributed by atoms with Crippen molar-refractivity contribution in [2.24, 2.45) is 0 Å². The number of esters is 1. The monoisotopic (exact) mass is 392 g/mol. The molecule has 0 saturated carbocycles. The fourth-order valence-corrected chi connectivity index (χ4v) is 3.07. The number of carbonyl (C=O) groups excluding carboxylic acids is 2. The molecule has 154 valence electrons. The molecule has 0 radical (unpaired) electrons. The largest absolute Gasteiger partial charge is 0.502 e. The van der Waals surface area contributed by atoms with E-state index in [1.165, 1.54) is 14.2 Å². The van der Waals surface area contributed by atoms with E-state index < -0.39 is 18.0 Å². The van der Waals surface area contributed by atoms with Gasteiger partial charge >= 0.3 is 12.0 Å². The van der Waals surface area contributed by atoms with Crippen LogP contribution in [0.2, 0.25) is 0 Å². The fraction of sp³-hybridized carbons (Fsp3) is 0.500. The average molecular weight is 392 g/mol. The predicted octanol–water partition coefficient (Wildman–Crippen LogP) is 3.16. The van der Waals surface area contributed by atoms with Crippen LogP contribution in [0, 0.1) is 0 Å². The number of phenolic OH excluding ortho intramolecular Hbond substituents is 1. The van der Waals surface area contributed by atoms with Crippen LogP contribution in [0.1, 0.15) is 51.1 Å². The normalized spacial score (nSPS) is 16.3. The summed E-state index contributed by atoms with van der Waals surface area (Å²) < 4.78 is 15.8. The summed E-state index contributed by atoms with van der Waals surface area (Å²) in [5.41, 5.74) is 1.24. The number of hydrogen-bond acceptors (Lipinski definition) is 6. The Kier molecular flexibility index (Phi) is 7.54. The minimum absolute atomic E-state index is 0.158. The second-order valence-corrected chi connectivity index (χ2v) is 6.54. The van der Waals surface area contributed by atoms with Crippen LogP contribution in [0.4, 0.5) is 4.79 Å². The molecule has 8 heteroatoms. The molecule has 1 aliphatic rings. The van der Waals surface area contributed by atoms with Crippen molar-refractivity contribution >= 4 is 12.0 Å². The van der Waals surface area contributed by atoms with E-state index in [1.54, 1.807) is 19.1 Å². The second-order valence-electron chi connectivity index (χ2n) is 6.54. The van der Waals surface area contributed by atoms with Crippen LogP contribution in [0.5, 0.6) is 17.2 Å². The van der Waals surface area contributed by atoms with Gasteiger partial charge in [0.15, 0.2) is 11.5 Å². The molecule has 1 aromatic carbocycles. The van der Waals surface area contributed by atoms with Gasteiger partial charge in [0.25, 0.3) is 0 Å². The van der Waals surface area contributed by atoms with Crippen LogP contribution in [0.25, 0.3) is 0 Å². The molecule has 1 aliphatic heterocycles. The molecule has 0 spiro atoms. The molecule has 2 amide bonds. The average Bonchev–Trinajstić information content (AvgIpc) is 2.67. The minimum Gasteiger partial charge on any atom is -0.502 e. The van der Waals surface area contributed by atoms with Gasteiger partial charge in [0.2, 0.25) is 5.75 Å². The van der Waals surface area contributed by atoms with Crippen LogP contribution in [0.3, 0.4) is 0 Å². The van der Waals surface area contributed by atoms with Crippen LogP contribution < -0.4 is 20.1 Å². The summed E-state index contributed by atoms with van der Waals surface area (Å²) in [5, 5.41) is 15.5. The molecule has 0 bridgehead atoms. The number of amides is 2. The Morgan fingerprint density at radius 1 is 1.14 bits per heavy atom. The topological polar surface area (TPSA) is 106 Å². The van der Waals surface area contributed by atoms with Crippen molar-refractivity contribution in [3.05, 3.63) is 29.0 Å². The molecule has 8 nitrogen and oxygen atoms in total. The molecule has 1 heterocycles. The van der Waals surface area contributed by atoms with Gasteiger partial charge in [0.1, 0.15) is 0 Å². The quantitative estimate of drug-likeness (QED) is 0.440. The van der Waals surface area contributed by atoms with Gasteiger partial charge in [0.05, 0.1) is 32.4 Å². The van der Waals surface area contributed by atoms with Gasteiger partial charge in [0, 0.05) is 5.70 Å². The molecule has 1 atom stereocenters. The Morgan fingerprint density at radius 3 is 2.36 bits per heavy atom. The summed E-state index contributed by atoms with van der Waals surface area (Å²) in [7, 11) is 2.82. The number of methoxy groups -OCH3 is 2. The molecule has 0 aromatic heterocycles. The molecular weight excluding hydrogens is 364 g/mol. The van der Waals surface area contributed by atoms with Crippen molar-refractivity contribution < 1.29 is 28.9 Å². The maximum atomic E-state index is 12.7. The maximum absolute atomic E-state index is 12.7. The van der Waals surface area contributed by atoms with Gasteiger partial charge in [-0.25, -0.2) is 9.59 Å². The highest BCUT2D eigenvalue weighted by Crippen LogP contribution is 2.40. The predicted molar refractivity (Wildman–Crippen MR) is 103 cm³/mol. The lowest BCUT2D eigenvalue weighted by Gasteiger charge is -2.28. The van der Waals surface area contributed by atoms with E-state index in [0.717, 1.165) is 25.7 Å². The molecule has 2 rings (SSSR count). The number of unbranched alkanes of at least 4 members (excludes halogenated alkanes) is 3. The SMILES string of the molecule is CCCCCCOC(=O)C1=C(C)NC(=O)N[C@H]1c1cc(OC)c(O)c(OC)c1. The summed E-state index contributed by atoms with van der Waals surface area (Å²) in [5.74, 6) is -0.314. The lowest BCUT2D eigenvalue weighted by atomic mass is 9.95. The number of urea groups is 1. The Bertz CT molecular complexity index is 734. The van der Waals surface area contributed by atoms with E-state index >= 15 is 0 Å². The zero-order chi connectivity index (χ0) is 20.7. The first-order valence-corrected chi connectivity index (χ1v) is 9.33. The first-order chi connectivity index (χ1) is 13.4. The zero-order valence-electron chi connectivity index (χ0n) is 16.8. The van der Waals surface area contributed by atoms with Crippen LogP contribution >= 0.6 is 0 Å². The third-order valence-corrected chi connectivity index (χ3v) is 4.56. The highest BCUT2D eigenvalue weighted by atomic mass is 16.5. The summed E-state index contributed by atoms with van der Waals surface area (Å²) in [4.78, 5) is 24.7. The maximum Gasteiger partial charge on any atom is 0.338 e. The number of phenols is 1. The van der Waals surface area contributed by atoms with Gasteiger partial charge in [-0.3, -0.25) is 0 Å². The van der Waals surface area contributed by atoms with E-state index in [1.807, 2.05) is 0 Å². The lowest BCUT2D eigenvalue weighted by Crippen LogP contribution is -2.45. The summed E-state index contributed by atoms with van der Waals surface area (Å²) in [6.45, 7) is 4.08. The van der Waals surface area contributed by atoms with E-state index in [-0.39, 0.29) is 17.2 Å². The highest BCUT2D eigenvalue weighted by molar-refractivity contribution is 5.95. The molecular formula is C20H28N2O6. The first kappa shape index (κ1) is 21.4. The first-order valence-electron chi connectivity index (χ1n) is 9.33. The Morgan fingerprint density at radius 2 is 1.79 bits per heavy atom. The Hall–Kier alpha value is -2.90. The number of ether oxygens (including phenoxy) is 3. The fourth-order valence-electron chi connectivity index (χ4n) is 3.07. The number of carbonyl (C=O) groups is 2. The summed E-state index contributed by atoms with van der Waals surface area (Å²) in [6, 6.07) is 1.90. The Labute approximate surface area is 164 Å². The van der Waals surface area contributed by atoms with Crippen molar-refractivity contribution in [2.75, 3.05) is 20.8 Å². The van der Waals surface area contributed by atoms with Crippen LogP contribution in [-0.4, -0.2) is 37.9 Å².